The van der Waals surface area contributed by atoms with Gasteiger partial charge in [-0.15, -0.1) is 0 Å². The second-order valence-corrected chi connectivity index (χ2v) is 12.0. The fourth-order valence-electron chi connectivity index (χ4n) is 6.81. The summed E-state index contributed by atoms with van der Waals surface area (Å²) < 4.78 is 15.6. The van der Waals surface area contributed by atoms with Gasteiger partial charge in [-0.2, -0.15) is 0 Å². The Morgan fingerprint density at radius 3 is 1.76 bits per heavy atom. The standard InChI is InChI=1S/C43H26N4O2/c1-3-13-28(14-4-1)41-44-42(29-15-5-2-6-16-29)46-43(45-41)30-17-11-18-31(26-30)47-35-21-10-9-20-33(35)34-23-25-37-40(38(34)47)49-39-32-19-8-7-12-27(32)22-24-36(39)48-37/h1-26H. The summed E-state index contributed by atoms with van der Waals surface area (Å²) in [6.45, 7) is 0. The number of ether oxygens (including phenoxy) is 2. The Hall–Kier alpha value is -6.79. The molecule has 0 fully saturated rings. The van der Waals surface area contributed by atoms with E-state index in [4.69, 9.17) is 24.4 Å². The van der Waals surface area contributed by atoms with Crippen molar-refractivity contribution in [3.05, 3.63) is 158 Å². The summed E-state index contributed by atoms with van der Waals surface area (Å²) >= 11 is 0. The van der Waals surface area contributed by atoms with E-state index in [0.717, 1.165) is 60.7 Å². The van der Waals surface area contributed by atoms with Crippen LogP contribution in [0.1, 0.15) is 0 Å². The van der Waals surface area contributed by atoms with Crippen molar-refractivity contribution in [1.82, 2.24) is 19.5 Å². The van der Waals surface area contributed by atoms with Crippen molar-refractivity contribution in [2.45, 2.75) is 0 Å². The lowest BCUT2D eigenvalue weighted by molar-refractivity contribution is 0.366. The second-order valence-electron chi connectivity index (χ2n) is 12.0. The highest BCUT2D eigenvalue weighted by molar-refractivity contribution is 6.12. The van der Waals surface area contributed by atoms with Gasteiger partial charge in [0.15, 0.2) is 40.5 Å². The number of benzene rings is 7. The molecule has 0 unspecified atom stereocenters. The van der Waals surface area contributed by atoms with Crippen LogP contribution in [0, 0.1) is 0 Å². The lowest BCUT2D eigenvalue weighted by Gasteiger charge is -2.23. The molecule has 0 N–H and O–H groups in total. The molecule has 0 amide bonds. The van der Waals surface area contributed by atoms with Crippen molar-refractivity contribution in [1.29, 1.82) is 0 Å². The molecule has 0 spiro atoms. The predicted molar refractivity (Wildman–Crippen MR) is 195 cm³/mol. The molecule has 3 heterocycles. The first-order chi connectivity index (χ1) is 24.3. The largest absolute Gasteiger partial charge is 0.449 e. The van der Waals surface area contributed by atoms with E-state index < -0.39 is 0 Å². The smallest absolute Gasteiger partial charge is 0.194 e. The maximum Gasteiger partial charge on any atom is 0.194 e. The Balaban J connectivity index is 1.19. The summed E-state index contributed by atoms with van der Waals surface area (Å²) in [4.78, 5) is 14.9. The third kappa shape index (κ3) is 4.46. The van der Waals surface area contributed by atoms with Crippen LogP contribution in [0.15, 0.2) is 158 Å². The molecule has 0 saturated carbocycles. The molecule has 0 saturated heterocycles. The monoisotopic (exact) mass is 630 g/mol. The average Bonchev–Trinajstić information content (AvgIpc) is 3.52. The molecule has 230 valence electrons. The van der Waals surface area contributed by atoms with E-state index in [-0.39, 0.29) is 0 Å². The van der Waals surface area contributed by atoms with Crippen LogP contribution in [0.25, 0.3) is 72.4 Å². The number of nitrogens with zero attached hydrogens (tertiary/aromatic N) is 4. The van der Waals surface area contributed by atoms with Crippen LogP contribution < -0.4 is 9.47 Å². The summed E-state index contributed by atoms with van der Waals surface area (Å²) in [6, 6.07) is 53.2. The van der Waals surface area contributed by atoms with Gasteiger partial charge in [-0.05, 0) is 41.8 Å². The first-order valence-electron chi connectivity index (χ1n) is 16.2. The number of para-hydroxylation sites is 1. The van der Waals surface area contributed by atoms with E-state index in [1.807, 2.05) is 91.0 Å². The molecule has 0 radical (unpaired) electrons. The van der Waals surface area contributed by atoms with Crippen molar-refractivity contribution >= 4 is 32.6 Å². The molecule has 49 heavy (non-hydrogen) atoms. The highest BCUT2D eigenvalue weighted by Crippen LogP contribution is 2.52. The molecule has 7 aromatic carbocycles. The van der Waals surface area contributed by atoms with Crippen LogP contribution in [0.2, 0.25) is 0 Å². The normalized spacial score (nSPS) is 12.0. The second kappa shape index (κ2) is 10.9. The molecule has 2 aromatic heterocycles. The minimum Gasteiger partial charge on any atom is -0.449 e. The first kappa shape index (κ1) is 27.3. The number of hydrogen-bond acceptors (Lipinski definition) is 5. The Kier molecular flexibility index (Phi) is 6.08. The third-order valence-corrected chi connectivity index (χ3v) is 9.08. The zero-order valence-electron chi connectivity index (χ0n) is 26.1. The van der Waals surface area contributed by atoms with E-state index in [1.165, 1.54) is 0 Å². The van der Waals surface area contributed by atoms with Crippen molar-refractivity contribution in [2.24, 2.45) is 0 Å². The predicted octanol–water partition coefficient (Wildman–Crippen LogP) is 11.0. The van der Waals surface area contributed by atoms with Crippen molar-refractivity contribution in [3.63, 3.8) is 0 Å². The Morgan fingerprint density at radius 2 is 1.00 bits per heavy atom. The van der Waals surface area contributed by atoms with Crippen molar-refractivity contribution < 1.29 is 9.47 Å². The molecule has 10 rings (SSSR count). The summed E-state index contributed by atoms with van der Waals surface area (Å²) in [5.74, 6) is 4.62. The molecule has 6 heteroatoms. The van der Waals surface area contributed by atoms with Gasteiger partial charge in [-0.1, -0.05) is 121 Å². The van der Waals surface area contributed by atoms with E-state index >= 15 is 0 Å². The van der Waals surface area contributed by atoms with E-state index in [2.05, 4.69) is 71.3 Å². The summed E-state index contributed by atoms with van der Waals surface area (Å²) in [5.41, 5.74) is 5.67. The van der Waals surface area contributed by atoms with Crippen molar-refractivity contribution in [2.75, 3.05) is 0 Å². The van der Waals surface area contributed by atoms with E-state index in [9.17, 15) is 0 Å². The van der Waals surface area contributed by atoms with Crippen molar-refractivity contribution in [3.8, 4) is 62.8 Å². The molecule has 0 bridgehead atoms. The topological polar surface area (TPSA) is 62.1 Å². The zero-order valence-corrected chi connectivity index (χ0v) is 26.1. The Morgan fingerprint density at radius 1 is 0.408 bits per heavy atom. The fourth-order valence-corrected chi connectivity index (χ4v) is 6.81. The fraction of sp³-hybridized carbons (Fsp3) is 0. The minimum absolute atomic E-state index is 0.595. The van der Waals surface area contributed by atoms with Gasteiger partial charge in [0.1, 0.15) is 5.52 Å². The van der Waals surface area contributed by atoms with Gasteiger partial charge >= 0.3 is 0 Å². The number of aromatic nitrogens is 4. The molecule has 1 aliphatic rings. The first-order valence-corrected chi connectivity index (χ1v) is 16.2. The summed E-state index contributed by atoms with van der Waals surface area (Å²) in [6.07, 6.45) is 0. The van der Waals surface area contributed by atoms with Crippen LogP contribution in [0.5, 0.6) is 23.0 Å². The number of rotatable bonds is 4. The molecule has 0 aliphatic carbocycles. The molecule has 9 aromatic rings. The van der Waals surface area contributed by atoms with Crippen LogP contribution in [0.4, 0.5) is 0 Å². The van der Waals surface area contributed by atoms with Gasteiger partial charge in [0.2, 0.25) is 0 Å². The molecule has 1 aliphatic heterocycles. The number of fused-ring (bicyclic) bond motifs is 8. The molecular formula is C43H26N4O2. The van der Waals surface area contributed by atoms with Crippen LogP contribution in [-0.2, 0) is 0 Å². The Bertz CT molecular complexity index is 2660. The molecule has 0 atom stereocenters. The van der Waals surface area contributed by atoms with Gasteiger partial charge in [-0.3, -0.25) is 0 Å². The summed E-state index contributed by atoms with van der Waals surface area (Å²) in [7, 11) is 0. The van der Waals surface area contributed by atoms with E-state index in [1.54, 1.807) is 0 Å². The summed E-state index contributed by atoms with van der Waals surface area (Å²) in [5, 5.41) is 4.29. The quantitative estimate of drug-likeness (QED) is 0.194. The van der Waals surface area contributed by atoms with Gasteiger partial charge in [0.05, 0.1) is 5.52 Å². The maximum absolute atomic E-state index is 6.86. The minimum atomic E-state index is 0.595. The van der Waals surface area contributed by atoms with Gasteiger partial charge in [0, 0.05) is 38.5 Å². The van der Waals surface area contributed by atoms with Crippen LogP contribution in [-0.4, -0.2) is 19.5 Å². The van der Waals surface area contributed by atoms with E-state index in [0.29, 0.717) is 34.7 Å². The lowest BCUT2D eigenvalue weighted by atomic mass is 10.1. The SMILES string of the molecule is c1ccc(-c2nc(-c3ccccc3)nc(-c3cccc(-n4c5ccccc5c5ccc6c(c54)Oc4c(ccc5ccccc45)O6)c3)n2)cc1. The molecular weight excluding hydrogens is 604 g/mol. The highest BCUT2D eigenvalue weighted by Gasteiger charge is 2.27. The van der Waals surface area contributed by atoms with Crippen LogP contribution >= 0.6 is 0 Å². The van der Waals surface area contributed by atoms with Gasteiger partial charge < -0.3 is 14.0 Å². The van der Waals surface area contributed by atoms with Crippen LogP contribution in [0.3, 0.4) is 0 Å². The van der Waals surface area contributed by atoms with Gasteiger partial charge in [-0.25, -0.2) is 15.0 Å². The molecule has 6 nitrogen and oxygen atoms in total. The maximum atomic E-state index is 6.86. The Labute approximate surface area is 281 Å². The lowest BCUT2D eigenvalue weighted by Crippen LogP contribution is -2.03. The third-order valence-electron chi connectivity index (χ3n) is 9.08. The highest BCUT2D eigenvalue weighted by atomic mass is 16.6. The number of hydrogen-bond donors (Lipinski definition) is 0. The van der Waals surface area contributed by atoms with Gasteiger partial charge in [0.25, 0.3) is 0 Å². The zero-order chi connectivity index (χ0) is 32.3. The average molecular weight is 631 g/mol.